The molecule has 0 bridgehead atoms. The Kier molecular flexibility index (Phi) is 4.79. The molecule has 2 aromatic heterocycles. The first-order valence-electron chi connectivity index (χ1n) is 8.28. The average molecular weight is 340 g/mol. The van der Waals surface area contributed by atoms with Gasteiger partial charge in [0.15, 0.2) is 5.65 Å². The Balaban J connectivity index is 1.75. The van der Waals surface area contributed by atoms with E-state index in [4.69, 9.17) is 0 Å². The molecule has 0 saturated carbocycles. The van der Waals surface area contributed by atoms with Gasteiger partial charge in [0.05, 0.1) is 11.9 Å². The number of hydrogen-bond acceptors (Lipinski definition) is 3. The maximum absolute atomic E-state index is 13.3. The highest BCUT2D eigenvalue weighted by molar-refractivity contribution is 5.96. The summed E-state index contributed by atoms with van der Waals surface area (Å²) in [7, 11) is 0. The van der Waals surface area contributed by atoms with Crippen LogP contribution in [0.3, 0.4) is 0 Å². The van der Waals surface area contributed by atoms with Crippen molar-refractivity contribution in [3.63, 3.8) is 0 Å². The van der Waals surface area contributed by atoms with Crippen molar-refractivity contribution in [2.75, 3.05) is 0 Å². The van der Waals surface area contributed by atoms with E-state index in [0.717, 1.165) is 23.3 Å². The van der Waals surface area contributed by atoms with E-state index in [0.29, 0.717) is 17.0 Å². The van der Waals surface area contributed by atoms with Crippen LogP contribution in [0.5, 0.6) is 0 Å². The zero-order valence-corrected chi connectivity index (χ0v) is 14.6. The van der Waals surface area contributed by atoms with E-state index in [9.17, 15) is 9.18 Å². The number of benzene rings is 1. The van der Waals surface area contributed by atoms with Gasteiger partial charge in [-0.15, -0.1) is 0 Å². The van der Waals surface area contributed by atoms with Gasteiger partial charge in [0.25, 0.3) is 5.91 Å². The molecule has 0 atom stereocenters. The summed E-state index contributed by atoms with van der Waals surface area (Å²) in [6.07, 6.45) is 3.30. The van der Waals surface area contributed by atoms with Crippen molar-refractivity contribution in [3.8, 4) is 0 Å². The molecule has 5 nitrogen and oxygen atoms in total. The fourth-order valence-electron chi connectivity index (χ4n) is 2.71. The van der Waals surface area contributed by atoms with Gasteiger partial charge in [-0.1, -0.05) is 19.9 Å². The normalized spacial score (nSPS) is 11.2. The van der Waals surface area contributed by atoms with Gasteiger partial charge >= 0.3 is 0 Å². The van der Waals surface area contributed by atoms with E-state index in [-0.39, 0.29) is 18.3 Å². The van der Waals surface area contributed by atoms with E-state index in [2.05, 4.69) is 29.1 Å². The second-order valence-electron chi connectivity index (χ2n) is 6.61. The van der Waals surface area contributed by atoms with Crippen LogP contribution >= 0.6 is 0 Å². The number of amides is 1. The molecule has 2 heterocycles. The summed E-state index contributed by atoms with van der Waals surface area (Å²) in [4.78, 5) is 21.1. The van der Waals surface area contributed by atoms with Crippen molar-refractivity contribution < 1.29 is 9.18 Å². The first kappa shape index (κ1) is 17.1. The molecule has 25 heavy (non-hydrogen) atoms. The van der Waals surface area contributed by atoms with Gasteiger partial charge in [-0.25, -0.2) is 14.4 Å². The summed E-state index contributed by atoms with van der Waals surface area (Å²) in [6.45, 7) is 7.23. The number of carbonyl (C=O) groups is 1. The van der Waals surface area contributed by atoms with E-state index in [1.165, 1.54) is 12.1 Å². The number of carbonyl (C=O) groups excluding carboxylic acids is 1. The van der Waals surface area contributed by atoms with Crippen molar-refractivity contribution in [1.29, 1.82) is 0 Å². The van der Waals surface area contributed by atoms with Crippen LogP contribution in [-0.2, 0) is 13.1 Å². The smallest absolute Gasteiger partial charge is 0.253 e. The number of pyridine rings is 1. The fourth-order valence-corrected chi connectivity index (χ4v) is 2.71. The molecule has 0 fully saturated rings. The van der Waals surface area contributed by atoms with Gasteiger partial charge in [-0.05, 0) is 42.2 Å². The largest absolute Gasteiger partial charge is 0.348 e. The number of imidazole rings is 1. The summed E-state index contributed by atoms with van der Waals surface area (Å²) in [5.41, 5.74) is 3.59. The van der Waals surface area contributed by atoms with Crippen LogP contribution in [0, 0.1) is 18.7 Å². The molecule has 0 saturated heterocycles. The third-order valence-electron chi connectivity index (χ3n) is 4.03. The van der Waals surface area contributed by atoms with Crippen LogP contribution in [-0.4, -0.2) is 20.4 Å². The average Bonchev–Trinajstić information content (AvgIpc) is 2.97. The van der Waals surface area contributed by atoms with Gasteiger partial charge in [-0.2, -0.15) is 0 Å². The van der Waals surface area contributed by atoms with Gasteiger partial charge in [-0.3, -0.25) is 4.79 Å². The molecule has 1 aromatic carbocycles. The zero-order valence-electron chi connectivity index (χ0n) is 14.6. The molecule has 0 spiro atoms. The number of rotatable bonds is 5. The first-order chi connectivity index (χ1) is 11.9. The second-order valence-corrected chi connectivity index (χ2v) is 6.61. The van der Waals surface area contributed by atoms with Crippen molar-refractivity contribution >= 4 is 17.1 Å². The minimum Gasteiger partial charge on any atom is -0.348 e. The molecule has 130 valence electrons. The van der Waals surface area contributed by atoms with E-state index < -0.39 is 0 Å². The fraction of sp³-hybridized carbons (Fsp3) is 0.316. The molecular formula is C19H21FN4O. The summed E-state index contributed by atoms with van der Waals surface area (Å²) >= 11 is 0. The number of fused-ring (bicyclic) bond motifs is 1. The van der Waals surface area contributed by atoms with Crippen molar-refractivity contribution in [2.24, 2.45) is 5.92 Å². The quantitative estimate of drug-likeness (QED) is 0.774. The number of hydrogen-bond donors (Lipinski definition) is 1. The third-order valence-corrected chi connectivity index (χ3v) is 4.03. The lowest BCUT2D eigenvalue weighted by molar-refractivity contribution is 0.0950. The maximum Gasteiger partial charge on any atom is 0.253 e. The van der Waals surface area contributed by atoms with Gasteiger partial charge in [0.2, 0.25) is 0 Å². The minimum atomic E-state index is -0.311. The maximum atomic E-state index is 13.3. The molecule has 0 aliphatic carbocycles. The Morgan fingerprint density at radius 2 is 2.08 bits per heavy atom. The zero-order chi connectivity index (χ0) is 18.0. The van der Waals surface area contributed by atoms with E-state index in [1.807, 2.05) is 11.5 Å². The number of aromatic nitrogens is 3. The summed E-state index contributed by atoms with van der Waals surface area (Å²) in [5.74, 6) is -0.0817. The number of nitrogens with zero attached hydrogens (tertiary/aromatic N) is 3. The highest BCUT2D eigenvalue weighted by Crippen LogP contribution is 2.14. The molecule has 6 heteroatoms. The molecule has 0 radical (unpaired) electrons. The Bertz CT molecular complexity index is 917. The van der Waals surface area contributed by atoms with E-state index >= 15 is 0 Å². The lowest BCUT2D eigenvalue weighted by atomic mass is 10.1. The standard InChI is InChI=1S/C19H21FN4O/c1-12(2)10-24-11-23-17-7-15(9-21-18(17)24)19(25)22-8-14-6-16(20)5-4-13(14)3/h4-7,9,11-12H,8,10H2,1-3H3,(H,22,25). The number of nitrogens with one attached hydrogen (secondary N) is 1. The SMILES string of the molecule is Cc1ccc(F)cc1CNC(=O)c1cnc2c(c1)ncn2CC(C)C. The van der Waals surface area contributed by atoms with Crippen LogP contribution in [0.2, 0.25) is 0 Å². The predicted molar refractivity (Wildman–Crippen MR) is 94.7 cm³/mol. The topological polar surface area (TPSA) is 59.8 Å². The Morgan fingerprint density at radius 1 is 1.28 bits per heavy atom. The predicted octanol–water partition coefficient (Wildman–Crippen LogP) is 3.46. The molecule has 1 N–H and O–H groups in total. The Hall–Kier alpha value is -2.76. The van der Waals surface area contributed by atoms with Gasteiger partial charge < -0.3 is 9.88 Å². The van der Waals surface area contributed by atoms with Crippen LogP contribution < -0.4 is 5.32 Å². The van der Waals surface area contributed by atoms with Crippen LogP contribution in [0.25, 0.3) is 11.2 Å². The van der Waals surface area contributed by atoms with Crippen LogP contribution in [0.15, 0.2) is 36.8 Å². The molecule has 0 aliphatic rings. The van der Waals surface area contributed by atoms with Crippen molar-refractivity contribution in [2.45, 2.75) is 33.9 Å². The van der Waals surface area contributed by atoms with Gasteiger partial charge in [0.1, 0.15) is 11.3 Å². The molecule has 1 amide bonds. The summed E-state index contributed by atoms with van der Waals surface area (Å²) in [6, 6.07) is 6.27. The lowest BCUT2D eigenvalue weighted by Gasteiger charge is -2.09. The highest BCUT2D eigenvalue weighted by atomic mass is 19.1. The molecule has 0 unspecified atom stereocenters. The Morgan fingerprint density at radius 3 is 2.84 bits per heavy atom. The van der Waals surface area contributed by atoms with Crippen LogP contribution in [0.1, 0.15) is 35.3 Å². The monoisotopic (exact) mass is 340 g/mol. The lowest BCUT2D eigenvalue weighted by Crippen LogP contribution is -2.23. The molecule has 3 aromatic rings. The minimum absolute atomic E-state index is 0.253. The third kappa shape index (κ3) is 3.84. The number of halogens is 1. The number of aryl methyl sites for hydroxylation is 1. The van der Waals surface area contributed by atoms with Gasteiger partial charge in [0, 0.05) is 19.3 Å². The summed E-state index contributed by atoms with van der Waals surface area (Å²) < 4.78 is 15.3. The highest BCUT2D eigenvalue weighted by Gasteiger charge is 2.11. The molecular weight excluding hydrogens is 319 g/mol. The van der Waals surface area contributed by atoms with Crippen LogP contribution in [0.4, 0.5) is 4.39 Å². The van der Waals surface area contributed by atoms with Crippen molar-refractivity contribution in [3.05, 3.63) is 59.3 Å². The summed E-state index contributed by atoms with van der Waals surface area (Å²) in [5, 5.41) is 2.81. The molecule has 0 aliphatic heterocycles. The molecule has 3 rings (SSSR count). The first-order valence-corrected chi connectivity index (χ1v) is 8.28. The van der Waals surface area contributed by atoms with E-state index in [1.54, 1.807) is 24.7 Å². The second kappa shape index (κ2) is 7.01. The Labute approximate surface area is 145 Å². The van der Waals surface area contributed by atoms with Crippen molar-refractivity contribution in [1.82, 2.24) is 19.9 Å².